The summed E-state index contributed by atoms with van der Waals surface area (Å²) in [6.07, 6.45) is 6.24. The molecule has 3 heterocycles. The number of rotatable bonds is 6. The molecule has 4 rings (SSSR count). The highest BCUT2D eigenvalue weighted by Crippen LogP contribution is 2.36. The highest BCUT2D eigenvalue weighted by atomic mass is 32.2. The fourth-order valence-corrected chi connectivity index (χ4v) is 5.65. The predicted molar refractivity (Wildman–Crippen MR) is 114 cm³/mol. The van der Waals surface area contributed by atoms with Crippen LogP contribution in [-0.2, 0) is 20.1 Å². The van der Waals surface area contributed by atoms with Crippen molar-refractivity contribution in [2.24, 2.45) is 0 Å². The summed E-state index contributed by atoms with van der Waals surface area (Å²) in [4.78, 5) is 7.51. The molecule has 0 fully saturated rings. The van der Waals surface area contributed by atoms with E-state index in [4.69, 9.17) is 0 Å². The molecule has 0 saturated carbocycles. The van der Waals surface area contributed by atoms with Crippen LogP contribution < -0.4 is 0 Å². The zero-order valence-corrected chi connectivity index (χ0v) is 17.9. The molecule has 0 radical (unpaired) electrons. The fourth-order valence-electron chi connectivity index (χ4n) is 3.35. The summed E-state index contributed by atoms with van der Waals surface area (Å²) in [5, 5.41) is -1.63. The normalized spacial score (nSPS) is 13.1. The molecule has 32 heavy (non-hydrogen) atoms. The molecule has 0 aliphatic rings. The van der Waals surface area contributed by atoms with Crippen LogP contribution in [0.1, 0.15) is 16.4 Å². The Morgan fingerprint density at radius 2 is 1.56 bits per heavy atom. The lowest BCUT2D eigenvalue weighted by atomic mass is 10.1. The van der Waals surface area contributed by atoms with Crippen molar-refractivity contribution >= 4 is 20.1 Å². The Morgan fingerprint density at radius 1 is 0.875 bits per heavy atom. The molecular formula is C21H16FN3O5S2. The zero-order valence-electron chi connectivity index (χ0n) is 16.3. The number of nitrogens with zero attached hydrogens (tertiary/aromatic N) is 3. The zero-order chi connectivity index (χ0) is 22.9. The average Bonchev–Trinajstić information content (AvgIpc) is 3.20. The molecule has 1 atom stereocenters. The first-order valence-electron chi connectivity index (χ1n) is 9.18. The summed E-state index contributed by atoms with van der Waals surface area (Å²) in [6.45, 7) is 0. The van der Waals surface area contributed by atoms with Gasteiger partial charge in [0, 0.05) is 36.5 Å². The molecule has 1 aromatic carbocycles. The summed E-state index contributed by atoms with van der Waals surface area (Å²) < 4.78 is 76.5. The van der Waals surface area contributed by atoms with Crippen molar-refractivity contribution in [2.45, 2.75) is 10.1 Å². The molecular weight excluding hydrogens is 457 g/mol. The van der Waals surface area contributed by atoms with Gasteiger partial charge in [0.1, 0.15) is 16.0 Å². The Balaban J connectivity index is 2.01. The summed E-state index contributed by atoms with van der Waals surface area (Å²) >= 11 is 0. The first-order chi connectivity index (χ1) is 15.2. The Bertz CT molecular complexity index is 1470. The van der Waals surface area contributed by atoms with Gasteiger partial charge in [-0.2, -0.15) is 8.42 Å². The summed E-state index contributed by atoms with van der Waals surface area (Å²) in [6, 6.07) is 12.4. The fraction of sp³-hybridized carbons (Fsp3) is 0.0476. The molecule has 0 bridgehead atoms. The molecule has 0 aliphatic heterocycles. The number of benzene rings is 1. The van der Waals surface area contributed by atoms with E-state index in [1.807, 2.05) is 0 Å². The number of hydrogen-bond donors (Lipinski definition) is 1. The summed E-state index contributed by atoms with van der Waals surface area (Å²) in [5.41, 5.74) is -0.136. The van der Waals surface area contributed by atoms with Crippen molar-refractivity contribution in [3.8, 4) is 11.3 Å². The molecule has 0 amide bonds. The highest BCUT2D eigenvalue weighted by molar-refractivity contribution is 7.90. The van der Waals surface area contributed by atoms with Gasteiger partial charge in [-0.1, -0.05) is 18.2 Å². The van der Waals surface area contributed by atoms with Crippen LogP contribution in [0.3, 0.4) is 0 Å². The summed E-state index contributed by atoms with van der Waals surface area (Å²) in [7, 11) is -9.01. The first-order valence-corrected chi connectivity index (χ1v) is 12.1. The standard InChI is InChI=1S/C21H16FN3O5S2/c22-19-8-2-1-7-18(19)20-11-16(21(32(28,29)30)15-5-3-9-23-12-15)14-25(20)31(26,27)17-6-4-10-24-13-17/h1-14,21H,(H,28,29,30). The van der Waals surface area contributed by atoms with Gasteiger partial charge in [-0.15, -0.1) is 0 Å². The lowest BCUT2D eigenvalue weighted by molar-refractivity contribution is 0.475. The van der Waals surface area contributed by atoms with Crippen LogP contribution in [0.25, 0.3) is 11.3 Å². The van der Waals surface area contributed by atoms with E-state index in [9.17, 15) is 25.8 Å². The van der Waals surface area contributed by atoms with Crippen LogP contribution in [0.4, 0.5) is 4.39 Å². The van der Waals surface area contributed by atoms with Gasteiger partial charge < -0.3 is 0 Å². The van der Waals surface area contributed by atoms with Gasteiger partial charge in [-0.05, 0) is 47.5 Å². The number of pyridine rings is 2. The largest absolute Gasteiger partial charge is 0.285 e. The van der Waals surface area contributed by atoms with Crippen molar-refractivity contribution in [1.82, 2.24) is 13.9 Å². The minimum atomic E-state index is -4.73. The van der Waals surface area contributed by atoms with Crippen LogP contribution in [-0.4, -0.2) is 35.3 Å². The lowest BCUT2D eigenvalue weighted by Crippen LogP contribution is -2.15. The van der Waals surface area contributed by atoms with Gasteiger partial charge in [-0.3, -0.25) is 14.5 Å². The number of halogens is 1. The van der Waals surface area contributed by atoms with Gasteiger partial charge in [0.2, 0.25) is 0 Å². The van der Waals surface area contributed by atoms with Gasteiger partial charge in [0.15, 0.2) is 0 Å². The van der Waals surface area contributed by atoms with E-state index in [0.717, 1.165) is 22.4 Å². The molecule has 3 aromatic heterocycles. The molecule has 11 heteroatoms. The van der Waals surface area contributed by atoms with E-state index in [1.165, 1.54) is 67.1 Å². The van der Waals surface area contributed by atoms with Crippen LogP contribution in [0.2, 0.25) is 0 Å². The monoisotopic (exact) mass is 473 g/mol. The topological polar surface area (TPSA) is 119 Å². The van der Waals surface area contributed by atoms with E-state index < -0.39 is 31.2 Å². The third-order valence-electron chi connectivity index (χ3n) is 4.74. The maximum absolute atomic E-state index is 14.6. The SMILES string of the molecule is O=S(=O)(O)C(c1cccnc1)c1cc(-c2ccccc2F)n(S(=O)(=O)c2cccnc2)c1. The second-order valence-electron chi connectivity index (χ2n) is 6.81. The van der Waals surface area contributed by atoms with Crippen molar-refractivity contribution in [3.63, 3.8) is 0 Å². The highest BCUT2D eigenvalue weighted by Gasteiger charge is 2.32. The van der Waals surface area contributed by atoms with Crippen LogP contribution in [0.5, 0.6) is 0 Å². The maximum atomic E-state index is 14.6. The minimum absolute atomic E-state index is 0.0634. The van der Waals surface area contributed by atoms with E-state index in [0.29, 0.717) is 0 Å². The molecule has 1 unspecified atom stereocenters. The number of hydrogen-bond acceptors (Lipinski definition) is 6. The Hall–Kier alpha value is -3.41. The van der Waals surface area contributed by atoms with Gasteiger partial charge in [-0.25, -0.2) is 16.8 Å². The second kappa shape index (κ2) is 8.26. The Morgan fingerprint density at radius 3 is 2.16 bits per heavy atom. The maximum Gasteiger partial charge on any atom is 0.276 e. The van der Waals surface area contributed by atoms with Gasteiger partial charge >= 0.3 is 0 Å². The molecule has 164 valence electrons. The Kier molecular flexibility index (Phi) is 5.63. The van der Waals surface area contributed by atoms with Gasteiger partial charge in [0.25, 0.3) is 20.1 Å². The third-order valence-corrected chi connectivity index (χ3v) is 7.53. The second-order valence-corrected chi connectivity index (χ2v) is 10.1. The van der Waals surface area contributed by atoms with E-state index in [1.54, 1.807) is 0 Å². The first kappa shape index (κ1) is 21.8. The molecule has 1 N–H and O–H groups in total. The van der Waals surface area contributed by atoms with Crippen LogP contribution in [0.15, 0.2) is 90.5 Å². The van der Waals surface area contributed by atoms with E-state index >= 15 is 0 Å². The van der Waals surface area contributed by atoms with E-state index in [-0.39, 0.29) is 27.3 Å². The minimum Gasteiger partial charge on any atom is -0.285 e. The van der Waals surface area contributed by atoms with Crippen molar-refractivity contribution in [1.29, 1.82) is 0 Å². The number of aromatic nitrogens is 3. The molecule has 8 nitrogen and oxygen atoms in total. The van der Waals surface area contributed by atoms with Crippen molar-refractivity contribution < 1.29 is 25.8 Å². The van der Waals surface area contributed by atoms with E-state index in [2.05, 4.69) is 9.97 Å². The van der Waals surface area contributed by atoms with Gasteiger partial charge in [0.05, 0.1) is 5.69 Å². The van der Waals surface area contributed by atoms with Crippen LogP contribution >= 0.6 is 0 Å². The average molecular weight is 474 g/mol. The molecule has 0 spiro atoms. The third kappa shape index (κ3) is 4.05. The van der Waals surface area contributed by atoms with Crippen LogP contribution in [0, 0.1) is 5.82 Å². The molecule has 0 aliphatic carbocycles. The smallest absolute Gasteiger partial charge is 0.276 e. The Labute approximate surface area is 183 Å². The van der Waals surface area contributed by atoms with Crippen molar-refractivity contribution in [2.75, 3.05) is 0 Å². The van der Waals surface area contributed by atoms with Crippen molar-refractivity contribution in [3.05, 3.63) is 103 Å². The summed E-state index contributed by atoms with van der Waals surface area (Å²) in [5.74, 6) is -0.704. The quantitative estimate of drug-likeness (QED) is 0.427. The molecule has 4 aromatic rings. The predicted octanol–water partition coefficient (Wildman–Crippen LogP) is 3.30. The lowest BCUT2D eigenvalue weighted by Gasteiger charge is -2.12. The molecule has 0 saturated heterocycles.